The molecule has 0 bridgehead atoms. The van der Waals surface area contributed by atoms with E-state index < -0.39 is 14.6 Å². The van der Waals surface area contributed by atoms with Gasteiger partial charge in [-0.2, -0.15) is 0 Å². The first-order chi connectivity index (χ1) is 15.6. The highest BCUT2D eigenvalue weighted by Gasteiger charge is 2.52. The smallest absolute Gasteiger partial charge is 0.304 e. The van der Waals surface area contributed by atoms with Crippen LogP contribution in [0.2, 0.25) is 5.04 Å². The van der Waals surface area contributed by atoms with Crippen LogP contribution < -0.4 is 10.4 Å². The second-order valence-corrected chi connectivity index (χ2v) is 13.7. The molecule has 3 aromatic carbocycles. The molecule has 0 spiro atoms. The maximum Gasteiger partial charge on any atom is 0.304 e. The highest BCUT2D eigenvalue weighted by atomic mass is 28.4. The van der Waals surface area contributed by atoms with Crippen molar-refractivity contribution in [3.63, 3.8) is 0 Å². The zero-order chi connectivity index (χ0) is 24.1. The standard InChI is InChI=1S/C28H34O4Si/c1-21-16-18-24(30)20-23(21)17-19-27(31-22(2)29)32-33(28(3,4)5,25-12-8-6-9-13-25)26-14-10-7-11-15-26/h6-16,18,20,27,30H,17,19H2,1-5H3/t27-/m1/s1. The molecule has 5 heteroatoms. The number of phenols is 1. The van der Waals surface area contributed by atoms with E-state index in [-0.39, 0.29) is 16.8 Å². The Balaban J connectivity index is 2.05. The number of aromatic hydroxyl groups is 1. The summed E-state index contributed by atoms with van der Waals surface area (Å²) in [7, 11) is -2.87. The van der Waals surface area contributed by atoms with Crippen molar-refractivity contribution < 1.29 is 19.1 Å². The Labute approximate surface area is 198 Å². The number of ether oxygens (including phenoxy) is 1. The van der Waals surface area contributed by atoms with Crippen molar-refractivity contribution in [2.24, 2.45) is 0 Å². The molecule has 0 aliphatic heterocycles. The quantitative estimate of drug-likeness (QED) is 0.287. The van der Waals surface area contributed by atoms with Gasteiger partial charge in [-0.3, -0.25) is 4.79 Å². The van der Waals surface area contributed by atoms with E-state index in [9.17, 15) is 9.90 Å². The fourth-order valence-corrected chi connectivity index (χ4v) is 8.99. The van der Waals surface area contributed by atoms with Gasteiger partial charge in [0.25, 0.3) is 8.32 Å². The number of carbonyl (C=O) groups is 1. The molecule has 0 saturated heterocycles. The number of phenolic OH excluding ortho intramolecular Hbond substituents is 1. The Kier molecular flexibility index (Phi) is 7.77. The number of carbonyl (C=O) groups excluding carboxylic acids is 1. The lowest BCUT2D eigenvalue weighted by atomic mass is 10.0. The summed E-state index contributed by atoms with van der Waals surface area (Å²) in [6, 6.07) is 26.0. The molecular formula is C28H34O4Si. The van der Waals surface area contributed by atoms with Crippen LogP contribution in [0.5, 0.6) is 5.75 Å². The van der Waals surface area contributed by atoms with Gasteiger partial charge in [-0.05, 0) is 52.0 Å². The maximum absolute atomic E-state index is 12.1. The Hall–Kier alpha value is -2.89. The van der Waals surface area contributed by atoms with Gasteiger partial charge < -0.3 is 14.3 Å². The summed E-state index contributed by atoms with van der Waals surface area (Å²) in [5, 5.41) is 12.0. The number of hydrogen-bond acceptors (Lipinski definition) is 4. The third kappa shape index (κ3) is 5.73. The van der Waals surface area contributed by atoms with Crippen LogP contribution in [0.15, 0.2) is 78.9 Å². The summed E-state index contributed by atoms with van der Waals surface area (Å²) < 4.78 is 12.8. The van der Waals surface area contributed by atoms with Crippen molar-refractivity contribution in [2.45, 2.75) is 58.8 Å². The molecule has 1 N–H and O–H groups in total. The molecule has 0 heterocycles. The first-order valence-corrected chi connectivity index (χ1v) is 13.3. The molecule has 1 atom stereocenters. The second kappa shape index (κ2) is 10.4. The lowest BCUT2D eigenvalue weighted by Gasteiger charge is -2.44. The molecule has 0 aliphatic carbocycles. The number of rotatable bonds is 8. The molecule has 4 nitrogen and oxygen atoms in total. The second-order valence-electron chi connectivity index (χ2n) is 9.47. The normalized spacial score (nSPS) is 12.9. The Bertz CT molecular complexity index is 1020. The number of esters is 1. The van der Waals surface area contributed by atoms with Crippen LogP contribution in [0, 0.1) is 6.92 Å². The zero-order valence-electron chi connectivity index (χ0n) is 20.2. The summed E-state index contributed by atoms with van der Waals surface area (Å²) >= 11 is 0. The SMILES string of the molecule is CC(=O)O[C@@H](CCc1cc(O)ccc1C)O[Si](c1ccccc1)(c1ccccc1)C(C)(C)C. The van der Waals surface area contributed by atoms with Gasteiger partial charge in [-0.25, -0.2) is 0 Å². The van der Waals surface area contributed by atoms with Crippen LogP contribution >= 0.6 is 0 Å². The van der Waals surface area contributed by atoms with E-state index in [4.69, 9.17) is 9.16 Å². The molecule has 0 unspecified atom stereocenters. The summed E-state index contributed by atoms with van der Waals surface area (Å²) in [4.78, 5) is 12.1. The summed E-state index contributed by atoms with van der Waals surface area (Å²) in [6.07, 6.45) is 0.403. The predicted molar refractivity (Wildman–Crippen MR) is 135 cm³/mol. The van der Waals surface area contributed by atoms with Crippen LogP contribution in [0.4, 0.5) is 0 Å². The largest absolute Gasteiger partial charge is 0.508 e. The predicted octanol–water partition coefficient (Wildman–Crippen LogP) is 5.10. The summed E-state index contributed by atoms with van der Waals surface area (Å²) in [5.74, 6) is -0.141. The molecule has 0 aliphatic rings. The number of benzene rings is 3. The van der Waals surface area contributed by atoms with E-state index >= 15 is 0 Å². The van der Waals surface area contributed by atoms with Crippen molar-refractivity contribution >= 4 is 24.7 Å². The molecular weight excluding hydrogens is 428 g/mol. The van der Waals surface area contributed by atoms with Crippen molar-refractivity contribution in [3.05, 3.63) is 90.0 Å². The van der Waals surface area contributed by atoms with E-state index in [0.29, 0.717) is 12.8 Å². The Morgan fingerprint density at radius 3 is 1.97 bits per heavy atom. The molecule has 0 radical (unpaired) electrons. The van der Waals surface area contributed by atoms with Crippen molar-refractivity contribution in [1.82, 2.24) is 0 Å². The molecule has 3 rings (SSSR count). The third-order valence-electron chi connectivity index (χ3n) is 6.00. The molecule has 0 aromatic heterocycles. The van der Waals surface area contributed by atoms with Gasteiger partial charge in [0.05, 0.1) is 0 Å². The fraction of sp³-hybridized carbons (Fsp3) is 0.321. The first-order valence-electron chi connectivity index (χ1n) is 11.4. The van der Waals surface area contributed by atoms with Crippen LogP contribution in [0.25, 0.3) is 0 Å². The van der Waals surface area contributed by atoms with Crippen molar-refractivity contribution in [1.29, 1.82) is 0 Å². The molecule has 33 heavy (non-hydrogen) atoms. The lowest BCUT2D eigenvalue weighted by Crippen LogP contribution is -2.68. The van der Waals surface area contributed by atoms with Crippen LogP contribution in [-0.4, -0.2) is 25.7 Å². The highest BCUT2D eigenvalue weighted by molar-refractivity contribution is 6.99. The van der Waals surface area contributed by atoms with Gasteiger partial charge >= 0.3 is 5.97 Å². The molecule has 174 valence electrons. The summed E-state index contributed by atoms with van der Waals surface area (Å²) in [5.41, 5.74) is 2.10. The van der Waals surface area contributed by atoms with Gasteiger partial charge in [-0.15, -0.1) is 0 Å². The first kappa shape index (κ1) is 24.7. The molecule has 0 amide bonds. The minimum Gasteiger partial charge on any atom is -0.508 e. The van der Waals surface area contributed by atoms with Gasteiger partial charge in [-0.1, -0.05) is 87.5 Å². The number of aryl methyl sites for hydroxylation is 2. The fourth-order valence-electron chi connectivity index (χ4n) is 4.42. The summed E-state index contributed by atoms with van der Waals surface area (Å²) in [6.45, 7) is 10.0. The average Bonchev–Trinajstić information content (AvgIpc) is 2.77. The lowest BCUT2D eigenvalue weighted by molar-refractivity contribution is -0.162. The van der Waals surface area contributed by atoms with Gasteiger partial charge in [0.1, 0.15) is 5.75 Å². The Morgan fingerprint density at radius 1 is 0.939 bits per heavy atom. The molecule has 3 aromatic rings. The number of hydrogen-bond donors (Lipinski definition) is 1. The third-order valence-corrected chi connectivity index (χ3v) is 11.0. The molecule has 0 saturated carbocycles. The van der Waals surface area contributed by atoms with Gasteiger partial charge in [0, 0.05) is 13.3 Å². The van der Waals surface area contributed by atoms with Crippen LogP contribution in [0.1, 0.15) is 45.2 Å². The van der Waals surface area contributed by atoms with Gasteiger partial charge in [0.2, 0.25) is 0 Å². The maximum atomic E-state index is 12.1. The van der Waals surface area contributed by atoms with Crippen LogP contribution in [0.3, 0.4) is 0 Å². The monoisotopic (exact) mass is 462 g/mol. The minimum absolute atomic E-state index is 0.227. The van der Waals surface area contributed by atoms with E-state index in [0.717, 1.165) is 21.5 Å². The highest BCUT2D eigenvalue weighted by Crippen LogP contribution is 2.38. The van der Waals surface area contributed by atoms with E-state index in [1.54, 1.807) is 12.1 Å². The van der Waals surface area contributed by atoms with Gasteiger partial charge in [0.15, 0.2) is 6.29 Å². The zero-order valence-corrected chi connectivity index (χ0v) is 21.2. The average molecular weight is 463 g/mol. The molecule has 0 fully saturated rings. The van der Waals surface area contributed by atoms with E-state index in [1.807, 2.05) is 49.4 Å². The van der Waals surface area contributed by atoms with Crippen molar-refractivity contribution in [3.8, 4) is 5.75 Å². The van der Waals surface area contributed by atoms with E-state index in [1.165, 1.54) is 6.92 Å². The topological polar surface area (TPSA) is 55.8 Å². The Morgan fingerprint density at radius 2 is 1.48 bits per heavy atom. The van der Waals surface area contributed by atoms with E-state index in [2.05, 4.69) is 45.0 Å². The van der Waals surface area contributed by atoms with Crippen molar-refractivity contribution in [2.75, 3.05) is 0 Å². The minimum atomic E-state index is -2.87. The van der Waals surface area contributed by atoms with Crippen LogP contribution in [-0.2, 0) is 20.4 Å².